The number of rotatable bonds is 3. The van der Waals surface area contributed by atoms with Crippen LogP contribution in [0.1, 0.15) is 50.0 Å². The summed E-state index contributed by atoms with van der Waals surface area (Å²) >= 11 is 0. The van der Waals surface area contributed by atoms with Crippen LogP contribution in [0.3, 0.4) is 0 Å². The van der Waals surface area contributed by atoms with Gasteiger partial charge in [-0.05, 0) is 63.0 Å². The number of fused-ring (bicyclic) bond motifs is 2. The molecule has 1 aliphatic heterocycles. The predicted octanol–water partition coefficient (Wildman–Crippen LogP) is 3.40. The molecule has 5 atom stereocenters. The van der Waals surface area contributed by atoms with E-state index in [1.54, 1.807) is 5.56 Å². The van der Waals surface area contributed by atoms with Gasteiger partial charge in [-0.3, -0.25) is 4.90 Å². The number of nitrogens with zero attached hydrogens (tertiary/aromatic N) is 1. The molecule has 1 aromatic rings. The zero-order valence-electron chi connectivity index (χ0n) is 13.2. The second kappa shape index (κ2) is 5.73. The van der Waals surface area contributed by atoms with Gasteiger partial charge in [-0.2, -0.15) is 0 Å². The van der Waals surface area contributed by atoms with Crippen LogP contribution < -0.4 is 5.32 Å². The third-order valence-electron chi connectivity index (χ3n) is 6.34. The first-order chi connectivity index (χ1) is 10.3. The highest BCUT2D eigenvalue weighted by atomic mass is 15.2. The van der Waals surface area contributed by atoms with Gasteiger partial charge in [-0.15, -0.1) is 0 Å². The summed E-state index contributed by atoms with van der Waals surface area (Å²) in [4.78, 5) is 2.88. The Morgan fingerprint density at radius 1 is 1.00 bits per heavy atom. The standard InChI is InChI=1S/C19H28N2/c1-20-18-10-8-16(15-5-3-2-4-6-15)12-19(18)21-13-14-7-9-17(21)11-14/h2-6,14,16-20H,7-13H2,1H3. The first-order valence-electron chi connectivity index (χ1n) is 8.83. The molecule has 2 saturated carbocycles. The number of hydrogen-bond donors (Lipinski definition) is 1. The molecule has 1 heterocycles. The van der Waals surface area contributed by atoms with Gasteiger partial charge < -0.3 is 5.32 Å². The molecule has 3 fully saturated rings. The molecular weight excluding hydrogens is 256 g/mol. The molecule has 2 aliphatic carbocycles. The van der Waals surface area contributed by atoms with Gasteiger partial charge in [0.2, 0.25) is 0 Å². The van der Waals surface area contributed by atoms with E-state index in [4.69, 9.17) is 0 Å². The zero-order valence-corrected chi connectivity index (χ0v) is 13.2. The molecule has 0 aromatic heterocycles. The van der Waals surface area contributed by atoms with Crippen LogP contribution in [-0.4, -0.2) is 36.6 Å². The Labute approximate surface area is 128 Å². The van der Waals surface area contributed by atoms with Gasteiger partial charge in [-0.1, -0.05) is 30.3 Å². The first kappa shape index (κ1) is 13.8. The van der Waals surface area contributed by atoms with E-state index in [1.807, 2.05) is 0 Å². The van der Waals surface area contributed by atoms with Crippen LogP contribution in [0.4, 0.5) is 0 Å². The van der Waals surface area contributed by atoms with Gasteiger partial charge in [0.1, 0.15) is 0 Å². The average Bonchev–Trinajstić information content (AvgIpc) is 3.18. The largest absolute Gasteiger partial charge is 0.315 e. The van der Waals surface area contributed by atoms with Crippen LogP contribution in [0.15, 0.2) is 30.3 Å². The molecule has 3 aliphatic rings. The highest BCUT2D eigenvalue weighted by Gasteiger charge is 2.44. The quantitative estimate of drug-likeness (QED) is 0.915. The maximum Gasteiger partial charge on any atom is 0.0258 e. The van der Waals surface area contributed by atoms with Crippen molar-refractivity contribution < 1.29 is 0 Å². The van der Waals surface area contributed by atoms with Crippen molar-refractivity contribution in [2.45, 2.75) is 62.6 Å². The van der Waals surface area contributed by atoms with E-state index in [0.717, 1.165) is 23.9 Å². The lowest BCUT2D eigenvalue weighted by atomic mass is 9.77. The van der Waals surface area contributed by atoms with Crippen molar-refractivity contribution in [3.63, 3.8) is 0 Å². The van der Waals surface area contributed by atoms with Crippen molar-refractivity contribution in [2.24, 2.45) is 5.92 Å². The fraction of sp³-hybridized carbons (Fsp3) is 0.684. The fourth-order valence-corrected chi connectivity index (χ4v) is 5.25. The highest BCUT2D eigenvalue weighted by molar-refractivity contribution is 5.21. The lowest BCUT2D eigenvalue weighted by Gasteiger charge is -2.44. The third-order valence-corrected chi connectivity index (χ3v) is 6.34. The molecule has 2 heteroatoms. The molecule has 0 amide bonds. The predicted molar refractivity (Wildman–Crippen MR) is 87.5 cm³/mol. The number of nitrogens with one attached hydrogen (secondary N) is 1. The lowest BCUT2D eigenvalue weighted by molar-refractivity contribution is 0.0858. The third kappa shape index (κ3) is 2.53. The minimum atomic E-state index is 0.698. The summed E-state index contributed by atoms with van der Waals surface area (Å²) in [5, 5.41) is 3.62. The molecule has 1 saturated heterocycles. The molecule has 1 N–H and O–H groups in total. The van der Waals surface area contributed by atoms with Crippen LogP contribution in [0.5, 0.6) is 0 Å². The van der Waals surface area contributed by atoms with Crippen LogP contribution in [0.2, 0.25) is 0 Å². The number of hydrogen-bond acceptors (Lipinski definition) is 2. The van der Waals surface area contributed by atoms with E-state index in [1.165, 1.54) is 45.1 Å². The van der Waals surface area contributed by atoms with Crippen LogP contribution in [-0.2, 0) is 0 Å². The molecule has 0 spiro atoms. The number of piperidine rings is 1. The van der Waals surface area contributed by atoms with E-state index in [9.17, 15) is 0 Å². The summed E-state index contributed by atoms with van der Waals surface area (Å²) in [6, 6.07) is 13.5. The van der Waals surface area contributed by atoms with Crippen molar-refractivity contribution >= 4 is 0 Å². The normalized spacial score (nSPS) is 39.8. The Hall–Kier alpha value is -0.860. The van der Waals surface area contributed by atoms with E-state index in [0.29, 0.717) is 6.04 Å². The van der Waals surface area contributed by atoms with Gasteiger partial charge in [0, 0.05) is 24.7 Å². The first-order valence-corrected chi connectivity index (χ1v) is 8.83. The minimum absolute atomic E-state index is 0.698. The molecular formula is C19H28N2. The Kier molecular flexibility index (Phi) is 3.76. The van der Waals surface area contributed by atoms with Gasteiger partial charge in [-0.25, -0.2) is 0 Å². The Morgan fingerprint density at radius 2 is 1.86 bits per heavy atom. The van der Waals surface area contributed by atoms with E-state index >= 15 is 0 Å². The van der Waals surface area contributed by atoms with E-state index in [2.05, 4.69) is 47.6 Å². The Morgan fingerprint density at radius 3 is 2.52 bits per heavy atom. The molecule has 0 radical (unpaired) electrons. The molecule has 2 bridgehead atoms. The molecule has 2 nitrogen and oxygen atoms in total. The Balaban J connectivity index is 1.52. The van der Waals surface area contributed by atoms with Gasteiger partial charge in [0.15, 0.2) is 0 Å². The smallest absolute Gasteiger partial charge is 0.0258 e. The SMILES string of the molecule is CNC1CCC(c2ccccc2)CC1N1CC2CCC1C2. The zero-order chi connectivity index (χ0) is 14.2. The van der Waals surface area contributed by atoms with Crippen molar-refractivity contribution in [1.29, 1.82) is 0 Å². The molecule has 5 unspecified atom stereocenters. The van der Waals surface area contributed by atoms with Gasteiger partial charge >= 0.3 is 0 Å². The topological polar surface area (TPSA) is 15.3 Å². The average molecular weight is 284 g/mol. The van der Waals surface area contributed by atoms with Gasteiger partial charge in [0.25, 0.3) is 0 Å². The maximum atomic E-state index is 3.62. The second-order valence-electron chi connectivity index (χ2n) is 7.41. The summed E-state index contributed by atoms with van der Waals surface area (Å²) in [6.07, 6.45) is 8.43. The van der Waals surface area contributed by atoms with E-state index in [-0.39, 0.29) is 0 Å². The van der Waals surface area contributed by atoms with Crippen molar-refractivity contribution in [3.8, 4) is 0 Å². The maximum absolute atomic E-state index is 3.62. The summed E-state index contributed by atoms with van der Waals surface area (Å²) in [6.45, 7) is 1.37. The molecule has 114 valence electrons. The van der Waals surface area contributed by atoms with Gasteiger partial charge in [0.05, 0.1) is 0 Å². The second-order valence-corrected chi connectivity index (χ2v) is 7.41. The summed E-state index contributed by atoms with van der Waals surface area (Å²) in [7, 11) is 2.16. The highest BCUT2D eigenvalue weighted by Crippen LogP contribution is 2.43. The van der Waals surface area contributed by atoms with Crippen LogP contribution >= 0.6 is 0 Å². The van der Waals surface area contributed by atoms with Crippen molar-refractivity contribution in [1.82, 2.24) is 10.2 Å². The monoisotopic (exact) mass is 284 g/mol. The van der Waals surface area contributed by atoms with Crippen molar-refractivity contribution in [3.05, 3.63) is 35.9 Å². The number of benzene rings is 1. The summed E-state index contributed by atoms with van der Waals surface area (Å²) < 4.78 is 0. The van der Waals surface area contributed by atoms with Crippen LogP contribution in [0, 0.1) is 5.92 Å². The minimum Gasteiger partial charge on any atom is -0.315 e. The fourth-order valence-electron chi connectivity index (χ4n) is 5.25. The summed E-state index contributed by atoms with van der Waals surface area (Å²) in [5.74, 6) is 1.77. The molecule has 21 heavy (non-hydrogen) atoms. The number of likely N-dealkylation sites (tertiary alicyclic amines) is 1. The molecule has 1 aromatic carbocycles. The van der Waals surface area contributed by atoms with Crippen LogP contribution in [0.25, 0.3) is 0 Å². The lowest BCUT2D eigenvalue weighted by Crippen LogP contribution is -2.54. The van der Waals surface area contributed by atoms with E-state index < -0.39 is 0 Å². The number of likely N-dealkylation sites (N-methyl/N-ethyl adjacent to an activating group) is 1. The summed E-state index contributed by atoms with van der Waals surface area (Å²) in [5.41, 5.74) is 1.56. The van der Waals surface area contributed by atoms with Crippen molar-refractivity contribution in [2.75, 3.05) is 13.6 Å². The molecule has 4 rings (SSSR count). The Bertz CT molecular complexity index is 472.